The Morgan fingerprint density at radius 1 is 1.16 bits per heavy atom. The first-order chi connectivity index (χ1) is 11.6. The standard InChI is InChI=1S/C17H22F2N4S.HI/c1-3-20-17(22-7-5-16-11-24-12(2)23-16)21-6-4-13-8-14(18)10-15(19)9-13;/h8-11H,3-7H2,1-2H3,(H2,20,21,22);1H. The van der Waals surface area contributed by atoms with E-state index < -0.39 is 11.6 Å². The molecule has 4 nitrogen and oxygen atoms in total. The fourth-order valence-corrected chi connectivity index (χ4v) is 2.87. The van der Waals surface area contributed by atoms with Crippen LogP contribution in [0, 0.1) is 18.6 Å². The van der Waals surface area contributed by atoms with Gasteiger partial charge in [0.15, 0.2) is 5.96 Å². The quantitative estimate of drug-likeness (QED) is 0.361. The average molecular weight is 480 g/mol. The third-order valence-electron chi connectivity index (χ3n) is 3.28. The Balaban J connectivity index is 0.00000312. The summed E-state index contributed by atoms with van der Waals surface area (Å²) in [5, 5.41) is 9.43. The molecule has 0 saturated carbocycles. The Hall–Kier alpha value is -1.29. The average Bonchev–Trinajstić information content (AvgIpc) is 2.92. The number of nitrogens with zero attached hydrogens (tertiary/aromatic N) is 2. The fourth-order valence-electron chi connectivity index (χ4n) is 2.23. The van der Waals surface area contributed by atoms with Crippen LogP contribution in [-0.4, -0.2) is 30.6 Å². The topological polar surface area (TPSA) is 49.3 Å². The molecule has 1 aromatic heterocycles. The van der Waals surface area contributed by atoms with Crippen LogP contribution in [0.2, 0.25) is 0 Å². The minimum Gasteiger partial charge on any atom is -0.357 e. The lowest BCUT2D eigenvalue weighted by atomic mass is 10.1. The molecule has 0 atom stereocenters. The smallest absolute Gasteiger partial charge is 0.191 e. The van der Waals surface area contributed by atoms with E-state index in [4.69, 9.17) is 0 Å². The zero-order chi connectivity index (χ0) is 17.4. The van der Waals surface area contributed by atoms with Gasteiger partial charge in [-0.1, -0.05) is 0 Å². The van der Waals surface area contributed by atoms with Crippen molar-refractivity contribution in [1.82, 2.24) is 15.6 Å². The monoisotopic (exact) mass is 480 g/mol. The van der Waals surface area contributed by atoms with E-state index in [0.29, 0.717) is 31.0 Å². The number of rotatable bonds is 7. The van der Waals surface area contributed by atoms with Gasteiger partial charge in [0.25, 0.3) is 0 Å². The van der Waals surface area contributed by atoms with Crippen LogP contribution in [0.25, 0.3) is 0 Å². The number of aliphatic imine (C=N–C) groups is 1. The Bertz CT molecular complexity index is 671. The fraction of sp³-hybridized carbons (Fsp3) is 0.412. The normalized spacial score (nSPS) is 11.1. The molecule has 2 N–H and O–H groups in total. The second-order valence-electron chi connectivity index (χ2n) is 5.32. The van der Waals surface area contributed by atoms with Gasteiger partial charge in [-0.2, -0.15) is 0 Å². The molecular formula is C17H23F2IN4S. The lowest BCUT2D eigenvalue weighted by Gasteiger charge is -2.11. The largest absolute Gasteiger partial charge is 0.357 e. The maximum atomic E-state index is 13.2. The van der Waals surface area contributed by atoms with Crippen LogP contribution >= 0.6 is 35.3 Å². The molecule has 0 fully saturated rings. The summed E-state index contributed by atoms with van der Waals surface area (Å²) in [7, 11) is 0. The molecule has 0 bridgehead atoms. The molecule has 0 aliphatic carbocycles. The van der Waals surface area contributed by atoms with E-state index in [-0.39, 0.29) is 24.0 Å². The Morgan fingerprint density at radius 2 is 1.88 bits per heavy atom. The summed E-state index contributed by atoms with van der Waals surface area (Å²) in [4.78, 5) is 8.90. The van der Waals surface area contributed by atoms with Crippen LogP contribution in [0.3, 0.4) is 0 Å². The van der Waals surface area contributed by atoms with Gasteiger partial charge in [0.1, 0.15) is 11.6 Å². The van der Waals surface area contributed by atoms with Crippen molar-refractivity contribution in [2.24, 2.45) is 4.99 Å². The number of nitrogens with one attached hydrogen (secondary N) is 2. The summed E-state index contributed by atoms with van der Waals surface area (Å²) in [5.41, 5.74) is 1.67. The molecular weight excluding hydrogens is 457 g/mol. The highest BCUT2D eigenvalue weighted by atomic mass is 127. The van der Waals surface area contributed by atoms with Crippen molar-refractivity contribution in [3.8, 4) is 0 Å². The maximum absolute atomic E-state index is 13.2. The highest BCUT2D eigenvalue weighted by molar-refractivity contribution is 14.0. The number of aromatic nitrogens is 1. The Labute approximate surface area is 168 Å². The SMILES string of the molecule is CCNC(=NCCc1csc(C)n1)NCCc1cc(F)cc(F)c1.I. The summed E-state index contributed by atoms with van der Waals surface area (Å²) in [6, 6.07) is 3.57. The van der Waals surface area contributed by atoms with Gasteiger partial charge in [-0.3, -0.25) is 4.99 Å². The molecule has 2 aromatic rings. The lowest BCUT2D eigenvalue weighted by molar-refractivity contribution is 0.579. The molecule has 0 aliphatic rings. The lowest BCUT2D eigenvalue weighted by Crippen LogP contribution is -2.38. The number of aryl methyl sites for hydroxylation is 1. The minimum absolute atomic E-state index is 0. The van der Waals surface area contributed by atoms with Crippen LogP contribution in [-0.2, 0) is 12.8 Å². The Morgan fingerprint density at radius 3 is 2.48 bits per heavy atom. The molecule has 1 heterocycles. The summed E-state index contributed by atoms with van der Waals surface area (Å²) in [5.74, 6) is -0.408. The van der Waals surface area contributed by atoms with E-state index in [9.17, 15) is 8.78 Å². The third-order valence-corrected chi connectivity index (χ3v) is 4.10. The summed E-state index contributed by atoms with van der Waals surface area (Å²) in [6.45, 7) is 5.90. The van der Waals surface area contributed by atoms with Crippen LogP contribution < -0.4 is 10.6 Å². The zero-order valence-corrected chi connectivity index (χ0v) is 17.5. The van der Waals surface area contributed by atoms with Crippen LogP contribution in [0.4, 0.5) is 8.78 Å². The van der Waals surface area contributed by atoms with Crippen molar-refractivity contribution < 1.29 is 8.78 Å². The van der Waals surface area contributed by atoms with Crippen LogP contribution in [0.5, 0.6) is 0 Å². The zero-order valence-electron chi connectivity index (χ0n) is 14.3. The first-order valence-corrected chi connectivity index (χ1v) is 8.83. The molecule has 0 aliphatic heterocycles. The second kappa shape index (κ2) is 11.3. The molecule has 8 heteroatoms. The number of guanidine groups is 1. The van der Waals surface area contributed by atoms with Crippen molar-refractivity contribution in [3.63, 3.8) is 0 Å². The van der Waals surface area contributed by atoms with Crippen molar-refractivity contribution in [2.75, 3.05) is 19.6 Å². The molecule has 0 saturated heterocycles. The second-order valence-corrected chi connectivity index (χ2v) is 6.39. The van der Waals surface area contributed by atoms with Gasteiger partial charge in [-0.25, -0.2) is 13.8 Å². The minimum atomic E-state index is -0.552. The van der Waals surface area contributed by atoms with E-state index in [1.54, 1.807) is 11.3 Å². The molecule has 2 rings (SSSR count). The molecule has 138 valence electrons. The van der Waals surface area contributed by atoms with Crippen molar-refractivity contribution in [3.05, 3.63) is 51.5 Å². The highest BCUT2D eigenvalue weighted by Crippen LogP contribution is 2.09. The van der Waals surface area contributed by atoms with Crippen molar-refractivity contribution >= 4 is 41.3 Å². The number of benzene rings is 1. The van der Waals surface area contributed by atoms with E-state index in [2.05, 4.69) is 20.6 Å². The first-order valence-electron chi connectivity index (χ1n) is 7.95. The van der Waals surface area contributed by atoms with Gasteiger partial charge in [0.05, 0.1) is 10.7 Å². The molecule has 0 radical (unpaired) electrons. The van der Waals surface area contributed by atoms with Gasteiger partial charge in [-0.05, 0) is 38.0 Å². The summed E-state index contributed by atoms with van der Waals surface area (Å²) >= 11 is 1.64. The van der Waals surface area contributed by atoms with Gasteiger partial charge >= 0.3 is 0 Å². The molecule has 1 aromatic carbocycles. The van der Waals surface area contributed by atoms with Crippen LogP contribution in [0.1, 0.15) is 23.2 Å². The van der Waals surface area contributed by atoms with Crippen molar-refractivity contribution in [1.29, 1.82) is 0 Å². The molecule has 25 heavy (non-hydrogen) atoms. The molecule has 0 amide bonds. The predicted molar refractivity (Wildman–Crippen MR) is 110 cm³/mol. The summed E-state index contributed by atoms with van der Waals surface area (Å²) in [6.07, 6.45) is 1.31. The number of thiazole rings is 1. The molecule has 0 spiro atoms. The Kier molecular flexibility index (Phi) is 9.88. The first kappa shape index (κ1) is 21.8. The van der Waals surface area contributed by atoms with Gasteiger partial charge in [-0.15, -0.1) is 35.3 Å². The third kappa shape index (κ3) is 8.08. The van der Waals surface area contributed by atoms with E-state index in [0.717, 1.165) is 29.7 Å². The highest BCUT2D eigenvalue weighted by Gasteiger charge is 2.03. The van der Waals surface area contributed by atoms with Gasteiger partial charge in [0, 0.05) is 37.5 Å². The number of halogens is 3. The maximum Gasteiger partial charge on any atom is 0.191 e. The van der Waals surface area contributed by atoms with Crippen LogP contribution in [0.15, 0.2) is 28.6 Å². The van der Waals surface area contributed by atoms with E-state index >= 15 is 0 Å². The number of hydrogen-bond donors (Lipinski definition) is 2. The van der Waals surface area contributed by atoms with Crippen molar-refractivity contribution in [2.45, 2.75) is 26.7 Å². The number of hydrogen-bond acceptors (Lipinski definition) is 3. The van der Waals surface area contributed by atoms with E-state index in [1.807, 2.05) is 19.2 Å². The predicted octanol–water partition coefficient (Wildman–Crippen LogP) is 3.69. The van der Waals surface area contributed by atoms with Gasteiger partial charge < -0.3 is 10.6 Å². The van der Waals surface area contributed by atoms with Gasteiger partial charge in [0.2, 0.25) is 0 Å². The molecule has 0 unspecified atom stereocenters. The van der Waals surface area contributed by atoms with E-state index in [1.165, 1.54) is 12.1 Å². The summed E-state index contributed by atoms with van der Waals surface area (Å²) < 4.78 is 26.3.